The number of rotatable bonds is 2. The number of pyridine rings is 1. The van der Waals surface area contributed by atoms with Crippen molar-refractivity contribution in [3.8, 4) is 11.3 Å². The largest absolute Gasteiger partial charge is 0.512 e. The third-order valence-electron chi connectivity index (χ3n) is 5.67. The van der Waals surface area contributed by atoms with Gasteiger partial charge in [-0.15, -0.1) is 34.4 Å². The van der Waals surface area contributed by atoms with Crippen molar-refractivity contribution >= 4 is 16.6 Å². The Morgan fingerprint density at radius 2 is 1.53 bits per heavy atom. The molecule has 3 nitrogen and oxygen atoms in total. The van der Waals surface area contributed by atoms with Crippen LogP contribution >= 0.6 is 0 Å². The molecule has 3 aromatic rings. The van der Waals surface area contributed by atoms with Gasteiger partial charge in [-0.3, -0.25) is 4.79 Å². The van der Waals surface area contributed by atoms with E-state index in [1.54, 1.807) is 0 Å². The molecular weight excluding hydrogens is 599 g/mol. The molecule has 2 aromatic carbocycles. The van der Waals surface area contributed by atoms with Gasteiger partial charge < -0.3 is 10.1 Å². The maximum absolute atomic E-state index is 11.5. The molecule has 0 bridgehead atoms. The first-order chi connectivity index (χ1) is 15.1. The number of fused-ring (bicyclic) bond motifs is 1. The number of ketones is 1. The minimum absolute atomic E-state index is 0. The molecule has 0 aliphatic rings. The molecule has 34 heavy (non-hydrogen) atoms. The fourth-order valence-corrected chi connectivity index (χ4v) is 3.17. The van der Waals surface area contributed by atoms with Gasteiger partial charge in [0.1, 0.15) is 5.76 Å². The van der Waals surface area contributed by atoms with Crippen molar-refractivity contribution in [2.75, 3.05) is 0 Å². The van der Waals surface area contributed by atoms with E-state index in [1.807, 2.05) is 47.7 Å². The number of hydrogen-bond acceptors (Lipinski definition) is 3. The van der Waals surface area contributed by atoms with Crippen molar-refractivity contribution in [3.63, 3.8) is 0 Å². The second-order valence-electron chi connectivity index (χ2n) is 10.9. The SMILES string of the molecule is CC(C)(C)C(=O)/C=C(\O)C(C)(C)C.Cc1ccc2ccnc(-c3[c-]c(C)c(C)cc3C)c2c1.[Ir]. The summed E-state index contributed by atoms with van der Waals surface area (Å²) in [5.74, 6) is 0.104. The average Bonchev–Trinajstić information content (AvgIpc) is 2.69. The van der Waals surface area contributed by atoms with Gasteiger partial charge in [0.25, 0.3) is 0 Å². The first-order valence-electron chi connectivity index (χ1n) is 11.4. The molecule has 1 N–H and O–H groups in total. The van der Waals surface area contributed by atoms with Crippen LogP contribution in [0.4, 0.5) is 0 Å². The molecule has 0 spiro atoms. The summed E-state index contributed by atoms with van der Waals surface area (Å²) in [4.78, 5) is 16.1. The van der Waals surface area contributed by atoms with E-state index in [-0.39, 0.29) is 37.1 Å². The fourth-order valence-electron chi connectivity index (χ4n) is 3.17. The zero-order valence-electron chi connectivity index (χ0n) is 22.2. The van der Waals surface area contributed by atoms with Crippen molar-refractivity contribution in [1.82, 2.24) is 4.98 Å². The monoisotopic (exact) mass is 637 g/mol. The van der Waals surface area contributed by atoms with Crippen LogP contribution in [0.5, 0.6) is 0 Å². The topological polar surface area (TPSA) is 50.2 Å². The number of aliphatic hydroxyl groups is 1. The number of nitrogens with zero attached hydrogens (tertiary/aromatic N) is 1. The van der Waals surface area contributed by atoms with Crippen molar-refractivity contribution < 1.29 is 30.0 Å². The molecule has 0 aliphatic heterocycles. The quantitative estimate of drug-likeness (QED) is 0.176. The zero-order valence-corrected chi connectivity index (χ0v) is 24.6. The molecule has 4 heteroatoms. The molecule has 0 saturated carbocycles. The van der Waals surface area contributed by atoms with Gasteiger partial charge in [0.2, 0.25) is 0 Å². The van der Waals surface area contributed by atoms with Crippen LogP contribution in [0, 0.1) is 44.6 Å². The normalized spacial score (nSPS) is 12.0. The van der Waals surface area contributed by atoms with Crippen molar-refractivity contribution in [2.24, 2.45) is 10.8 Å². The predicted octanol–water partition coefficient (Wildman–Crippen LogP) is 8.02. The molecule has 0 fully saturated rings. The van der Waals surface area contributed by atoms with Gasteiger partial charge in [0.15, 0.2) is 5.78 Å². The number of aromatic nitrogens is 1. The maximum Gasteiger partial charge on any atom is 0.164 e. The summed E-state index contributed by atoms with van der Waals surface area (Å²) in [7, 11) is 0. The predicted molar refractivity (Wildman–Crippen MR) is 140 cm³/mol. The Morgan fingerprint density at radius 1 is 0.912 bits per heavy atom. The second-order valence-corrected chi connectivity index (χ2v) is 10.9. The van der Waals surface area contributed by atoms with E-state index in [2.05, 4.69) is 69.1 Å². The molecule has 1 aromatic heterocycles. The van der Waals surface area contributed by atoms with E-state index in [0.717, 1.165) is 11.3 Å². The Bertz CT molecular complexity index is 1190. The van der Waals surface area contributed by atoms with E-state index in [0.29, 0.717) is 0 Å². The number of allylic oxidation sites excluding steroid dienone is 2. The van der Waals surface area contributed by atoms with Crippen LogP contribution < -0.4 is 0 Å². The number of carbonyl (C=O) groups excluding carboxylic acids is 1. The number of benzene rings is 2. The first kappa shape index (κ1) is 29.7. The summed E-state index contributed by atoms with van der Waals surface area (Å²) in [6.07, 6.45) is 3.22. The molecule has 1 radical (unpaired) electrons. The number of aliphatic hydroxyl groups excluding tert-OH is 1. The summed E-state index contributed by atoms with van der Waals surface area (Å²) in [6, 6.07) is 14.3. The Kier molecular flexibility index (Phi) is 9.99. The van der Waals surface area contributed by atoms with Crippen LogP contribution in [0.2, 0.25) is 0 Å². The molecule has 0 amide bonds. The Labute approximate surface area is 219 Å². The summed E-state index contributed by atoms with van der Waals surface area (Å²) < 4.78 is 0. The maximum atomic E-state index is 11.5. The van der Waals surface area contributed by atoms with E-state index in [4.69, 9.17) is 0 Å². The minimum Gasteiger partial charge on any atom is -0.512 e. The summed E-state index contributed by atoms with van der Waals surface area (Å²) in [6.45, 7) is 19.6. The van der Waals surface area contributed by atoms with Gasteiger partial charge in [-0.2, -0.15) is 0 Å². The van der Waals surface area contributed by atoms with Crippen LogP contribution in [0.3, 0.4) is 0 Å². The molecule has 0 atom stereocenters. The molecule has 1 heterocycles. The van der Waals surface area contributed by atoms with Gasteiger partial charge in [0.05, 0.1) is 0 Å². The third kappa shape index (κ3) is 7.61. The van der Waals surface area contributed by atoms with Gasteiger partial charge in [-0.05, 0) is 29.5 Å². The van der Waals surface area contributed by atoms with Crippen molar-refractivity contribution in [1.29, 1.82) is 0 Å². The van der Waals surface area contributed by atoms with Crippen molar-refractivity contribution in [3.05, 3.63) is 76.7 Å². The van der Waals surface area contributed by atoms with E-state index in [1.165, 1.54) is 39.1 Å². The van der Waals surface area contributed by atoms with Gasteiger partial charge >= 0.3 is 0 Å². The van der Waals surface area contributed by atoms with E-state index < -0.39 is 5.41 Å². The number of hydrogen-bond donors (Lipinski definition) is 1. The second kappa shape index (κ2) is 11.4. The molecular formula is C30H38IrNO2-. The summed E-state index contributed by atoms with van der Waals surface area (Å²) >= 11 is 0. The standard InChI is InChI=1S/C19H18N.C11H20O2.Ir/c1-12-5-6-16-7-8-20-19(18(16)9-12)17-11-14(3)13(2)10-15(17)4;1-10(2,3)8(12)7-9(13)11(4,5)6;/h5-10H,1-4H3;7,12H,1-6H3;/q-1;;/b;8-7-;. The van der Waals surface area contributed by atoms with Crippen molar-refractivity contribution in [2.45, 2.75) is 69.2 Å². The van der Waals surface area contributed by atoms with Gasteiger partial charge in [-0.1, -0.05) is 86.1 Å². The van der Waals surface area contributed by atoms with Gasteiger partial charge in [0, 0.05) is 43.2 Å². The summed E-state index contributed by atoms with van der Waals surface area (Å²) in [5, 5.41) is 12.0. The van der Waals surface area contributed by atoms with E-state index >= 15 is 0 Å². The first-order valence-corrected chi connectivity index (χ1v) is 11.4. The average molecular weight is 637 g/mol. The number of carbonyl (C=O) groups is 1. The Balaban J connectivity index is 0.000000364. The zero-order chi connectivity index (χ0) is 25.1. The van der Waals surface area contributed by atoms with Crippen LogP contribution in [-0.4, -0.2) is 15.9 Å². The Morgan fingerprint density at radius 3 is 2.09 bits per heavy atom. The van der Waals surface area contributed by atoms with Gasteiger partial charge in [-0.25, -0.2) is 0 Å². The van der Waals surface area contributed by atoms with Crippen LogP contribution in [0.15, 0.2) is 48.4 Å². The van der Waals surface area contributed by atoms with Crippen LogP contribution in [0.1, 0.15) is 63.8 Å². The van der Waals surface area contributed by atoms with E-state index in [9.17, 15) is 9.90 Å². The molecule has 0 aliphatic carbocycles. The molecule has 0 saturated heterocycles. The third-order valence-corrected chi connectivity index (χ3v) is 5.67. The Hall–Kier alpha value is -2.29. The van der Waals surface area contributed by atoms with Crippen LogP contribution in [0.25, 0.3) is 22.0 Å². The molecule has 0 unspecified atom stereocenters. The molecule has 3 rings (SSSR count). The summed E-state index contributed by atoms with van der Waals surface area (Å²) in [5.41, 5.74) is 6.35. The minimum atomic E-state index is -0.417. The fraction of sp³-hybridized carbons (Fsp3) is 0.400. The molecule has 185 valence electrons. The smallest absolute Gasteiger partial charge is 0.164 e. The van der Waals surface area contributed by atoms with Crippen LogP contribution in [-0.2, 0) is 24.9 Å². The number of aryl methyl sites for hydroxylation is 4.